The number of halogens is 1. The van der Waals surface area contributed by atoms with Crippen LogP contribution in [-0.2, 0) is 12.5 Å². The highest BCUT2D eigenvalue weighted by Crippen LogP contribution is 2.39. The molecule has 4 nitrogen and oxygen atoms in total. The number of hydrogen-bond acceptors (Lipinski definition) is 3. The lowest BCUT2D eigenvalue weighted by Crippen LogP contribution is -2.37. The van der Waals surface area contributed by atoms with E-state index in [1.807, 2.05) is 0 Å². The number of rotatable bonds is 4. The van der Waals surface area contributed by atoms with Crippen molar-refractivity contribution in [3.05, 3.63) is 57.5 Å². The number of benzene rings is 1. The van der Waals surface area contributed by atoms with Gasteiger partial charge in [0.05, 0.1) is 11.9 Å². The summed E-state index contributed by atoms with van der Waals surface area (Å²) in [5.41, 5.74) is 1.81. The quantitative estimate of drug-likeness (QED) is 0.928. The van der Waals surface area contributed by atoms with Gasteiger partial charge in [-0.1, -0.05) is 61.2 Å². The Bertz CT molecular complexity index is 721. The molecule has 1 heterocycles. The van der Waals surface area contributed by atoms with Crippen LogP contribution in [0.4, 0.5) is 5.69 Å². The molecular weight excluding hydrogens is 310 g/mol. The fraction of sp³-hybridized carbons (Fsp3) is 0.444. The lowest BCUT2D eigenvalue weighted by Gasteiger charge is -2.38. The molecule has 1 aliphatic rings. The molecule has 1 aliphatic carbocycles. The first-order valence-corrected chi connectivity index (χ1v) is 8.51. The SMILES string of the molecule is Cn1ncc(NCC2(c3ccccc3)CCCCC2)c(Cl)c1=O. The third-order valence-corrected chi connectivity index (χ3v) is 5.26. The Labute approximate surface area is 141 Å². The van der Waals surface area contributed by atoms with Gasteiger partial charge in [0.25, 0.3) is 5.56 Å². The maximum atomic E-state index is 11.9. The Morgan fingerprint density at radius 2 is 1.91 bits per heavy atom. The molecule has 23 heavy (non-hydrogen) atoms. The van der Waals surface area contributed by atoms with Gasteiger partial charge >= 0.3 is 0 Å². The summed E-state index contributed by atoms with van der Waals surface area (Å²) in [7, 11) is 1.60. The predicted octanol–water partition coefficient (Wildman–Crippen LogP) is 3.75. The molecule has 1 aromatic carbocycles. The second-order valence-electron chi connectivity index (χ2n) is 6.36. The summed E-state index contributed by atoms with van der Waals surface area (Å²) in [5, 5.41) is 7.65. The van der Waals surface area contributed by atoms with Crippen molar-refractivity contribution < 1.29 is 0 Å². The van der Waals surface area contributed by atoms with Crippen LogP contribution in [0.25, 0.3) is 0 Å². The molecule has 122 valence electrons. The van der Waals surface area contributed by atoms with Gasteiger partial charge in [-0.05, 0) is 18.4 Å². The molecule has 0 unspecified atom stereocenters. The molecule has 0 atom stereocenters. The van der Waals surface area contributed by atoms with E-state index in [2.05, 4.69) is 40.7 Å². The average molecular weight is 332 g/mol. The summed E-state index contributed by atoms with van der Waals surface area (Å²) in [5.74, 6) is 0. The Morgan fingerprint density at radius 3 is 2.61 bits per heavy atom. The van der Waals surface area contributed by atoms with E-state index in [0.29, 0.717) is 5.69 Å². The molecular formula is C18H22ClN3O. The topological polar surface area (TPSA) is 46.9 Å². The van der Waals surface area contributed by atoms with Gasteiger partial charge in [0.2, 0.25) is 0 Å². The zero-order valence-electron chi connectivity index (χ0n) is 13.4. The highest BCUT2D eigenvalue weighted by Gasteiger charge is 2.33. The number of nitrogens with zero attached hydrogens (tertiary/aromatic N) is 2. The first-order valence-electron chi connectivity index (χ1n) is 8.14. The van der Waals surface area contributed by atoms with Crippen molar-refractivity contribution >= 4 is 17.3 Å². The summed E-state index contributed by atoms with van der Waals surface area (Å²) < 4.78 is 1.25. The van der Waals surface area contributed by atoms with Crippen molar-refractivity contribution in [3.63, 3.8) is 0 Å². The molecule has 5 heteroatoms. The Hall–Kier alpha value is -1.81. The van der Waals surface area contributed by atoms with Crippen LogP contribution in [0, 0.1) is 0 Å². The number of hydrogen-bond donors (Lipinski definition) is 1. The number of nitrogens with one attached hydrogen (secondary N) is 1. The molecule has 1 aromatic heterocycles. The van der Waals surface area contributed by atoms with Gasteiger partial charge < -0.3 is 5.32 Å². The summed E-state index contributed by atoms with van der Waals surface area (Å²) in [6, 6.07) is 10.7. The lowest BCUT2D eigenvalue weighted by atomic mass is 9.69. The highest BCUT2D eigenvalue weighted by molar-refractivity contribution is 6.32. The molecule has 1 fully saturated rings. The summed E-state index contributed by atoms with van der Waals surface area (Å²) in [4.78, 5) is 11.9. The minimum atomic E-state index is -0.269. The number of anilines is 1. The molecule has 0 aliphatic heterocycles. The maximum absolute atomic E-state index is 11.9. The first-order chi connectivity index (χ1) is 11.1. The smallest absolute Gasteiger partial charge is 0.287 e. The largest absolute Gasteiger partial charge is 0.381 e. The zero-order chi connectivity index (χ0) is 16.3. The molecule has 3 rings (SSSR count). The van der Waals surface area contributed by atoms with E-state index >= 15 is 0 Å². The van der Waals surface area contributed by atoms with E-state index < -0.39 is 0 Å². The predicted molar refractivity (Wildman–Crippen MR) is 94.2 cm³/mol. The fourth-order valence-corrected chi connectivity index (χ4v) is 3.72. The summed E-state index contributed by atoms with van der Waals surface area (Å²) >= 11 is 6.17. The maximum Gasteiger partial charge on any atom is 0.287 e. The van der Waals surface area contributed by atoms with Crippen LogP contribution in [-0.4, -0.2) is 16.3 Å². The molecule has 1 N–H and O–H groups in total. The third-order valence-electron chi connectivity index (χ3n) is 4.89. The molecule has 0 saturated heterocycles. The summed E-state index contributed by atoms with van der Waals surface area (Å²) in [6.07, 6.45) is 7.70. The monoisotopic (exact) mass is 331 g/mol. The second-order valence-corrected chi connectivity index (χ2v) is 6.74. The van der Waals surface area contributed by atoms with Gasteiger partial charge in [0.1, 0.15) is 5.02 Å². The van der Waals surface area contributed by atoms with Gasteiger partial charge in [-0.15, -0.1) is 0 Å². The van der Waals surface area contributed by atoms with Crippen molar-refractivity contribution in [3.8, 4) is 0 Å². The van der Waals surface area contributed by atoms with Crippen LogP contribution in [0.1, 0.15) is 37.7 Å². The van der Waals surface area contributed by atoms with E-state index in [1.165, 1.54) is 29.5 Å². The van der Waals surface area contributed by atoms with E-state index in [9.17, 15) is 4.79 Å². The minimum Gasteiger partial charge on any atom is -0.381 e. The van der Waals surface area contributed by atoms with Gasteiger partial charge in [-0.3, -0.25) is 4.79 Å². The van der Waals surface area contributed by atoms with Gasteiger partial charge in [-0.2, -0.15) is 5.10 Å². The van der Waals surface area contributed by atoms with Crippen molar-refractivity contribution in [2.45, 2.75) is 37.5 Å². The normalized spacial score (nSPS) is 17.0. The Kier molecular flexibility index (Phi) is 4.71. The molecule has 0 radical (unpaired) electrons. The van der Waals surface area contributed by atoms with E-state index in [4.69, 9.17) is 11.6 Å². The molecule has 0 amide bonds. The van der Waals surface area contributed by atoms with Crippen LogP contribution in [0.2, 0.25) is 5.02 Å². The first kappa shape index (κ1) is 16.1. The highest BCUT2D eigenvalue weighted by atomic mass is 35.5. The second kappa shape index (κ2) is 6.75. The van der Waals surface area contributed by atoms with Crippen LogP contribution in [0.3, 0.4) is 0 Å². The Balaban J connectivity index is 1.86. The van der Waals surface area contributed by atoms with Crippen molar-refractivity contribution in [1.29, 1.82) is 0 Å². The van der Waals surface area contributed by atoms with E-state index in [-0.39, 0.29) is 16.0 Å². The molecule has 0 spiro atoms. The van der Waals surface area contributed by atoms with Gasteiger partial charge in [-0.25, -0.2) is 4.68 Å². The van der Waals surface area contributed by atoms with Gasteiger partial charge in [0, 0.05) is 19.0 Å². The van der Waals surface area contributed by atoms with Crippen LogP contribution >= 0.6 is 11.6 Å². The van der Waals surface area contributed by atoms with Crippen molar-refractivity contribution in [1.82, 2.24) is 9.78 Å². The van der Waals surface area contributed by atoms with Gasteiger partial charge in [0.15, 0.2) is 0 Å². The Morgan fingerprint density at radius 1 is 1.22 bits per heavy atom. The van der Waals surface area contributed by atoms with Crippen LogP contribution in [0.5, 0.6) is 0 Å². The lowest BCUT2D eigenvalue weighted by molar-refractivity contribution is 0.308. The van der Waals surface area contributed by atoms with E-state index in [1.54, 1.807) is 13.2 Å². The summed E-state index contributed by atoms with van der Waals surface area (Å²) in [6.45, 7) is 0.769. The van der Waals surface area contributed by atoms with Crippen molar-refractivity contribution in [2.75, 3.05) is 11.9 Å². The standard InChI is InChI=1S/C18H22ClN3O/c1-22-17(23)16(19)15(12-21-22)20-13-18(10-6-3-7-11-18)14-8-4-2-5-9-14/h2,4-5,8-9,12,20H,3,6-7,10-11,13H2,1H3. The molecule has 0 bridgehead atoms. The number of aryl methyl sites for hydroxylation is 1. The van der Waals surface area contributed by atoms with Crippen molar-refractivity contribution in [2.24, 2.45) is 7.05 Å². The average Bonchev–Trinajstić information content (AvgIpc) is 2.61. The third kappa shape index (κ3) is 3.27. The minimum absolute atomic E-state index is 0.101. The zero-order valence-corrected chi connectivity index (χ0v) is 14.1. The van der Waals surface area contributed by atoms with Crippen LogP contribution in [0.15, 0.2) is 41.3 Å². The molecule has 1 saturated carbocycles. The number of aromatic nitrogens is 2. The molecule has 2 aromatic rings. The van der Waals surface area contributed by atoms with E-state index in [0.717, 1.165) is 19.4 Å². The fourth-order valence-electron chi connectivity index (χ4n) is 3.49. The van der Waals surface area contributed by atoms with Crippen LogP contribution < -0.4 is 10.9 Å².